The van der Waals surface area contributed by atoms with Crippen LogP contribution in [0.25, 0.3) is 0 Å². The van der Waals surface area contributed by atoms with E-state index in [2.05, 4.69) is 6.92 Å². The second-order valence-corrected chi connectivity index (χ2v) is 4.59. The molecule has 15 heavy (non-hydrogen) atoms. The van der Waals surface area contributed by atoms with Crippen molar-refractivity contribution in [2.24, 2.45) is 5.41 Å². The second-order valence-electron chi connectivity index (χ2n) is 4.59. The van der Waals surface area contributed by atoms with Gasteiger partial charge in [0.15, 0.2) is 0 Å². The van der Waals surface area contributed by atoms with Crippen molar-refractivity contribution in [3.63, 3.8) is 0 Å². The molecule has 0 N–H and O–H groups in total. The van der Waals surface area contributed by atoms with E-state index in [-0.39, 0.29) is 11.4 Å². The highest BCUT2D eigenvalue weighted by atomic mass is 16.5. The molecule has 2 heteroatoms. The molecule has 0 saturated heterocycles. The van der Waals surface area contributed by atoms with Gasteiger partial charge in [0, 0.05) is 0 Å². The predicted molar refractivity (Wildman–Crippen MR) is 61.1 cm³/mol. The molecule has 1 aliphatic rings. The Kier molecular flexibility index (Phi) is 5.13. The van der Waals surface area contributed by atoms with E-state index in [1.807, 2.05) is 0 Å². The first-order chi connectivity index (χ1) is 7.25. The summed E-state index contributed by atoms with van der Waals surface area (Å²) in [6.07, 6.45) is 9.00. The van der Waals surface area contributed by atoms with Crippen molar-refractivity contribution in [1.29, 1.82) is 0 Å². The molecule has 0 aliphatic heterocycles. The molecule has 0 amide bonds. The lowest BCUT2D eigenvalue weighted by atomic mass is 9.71. The van der Waals surface area contributed by atoms with Gasteiger partial charge in [0.2, 0.25) is 0 Å². The third-order valence-electron chi connectivity index (χ3n) is 3.48. The summed E-state index contributed by atoms with van der Waals surface area (Å²) in [6.45, 7) is 5.46. The van der Waals surface area contributed by atoms with Crippen molar-refractivity contribution in [2.45, 2.75) is 65.2 Å². The summed E-state index contributed by atoms with van der Waals surface area (Å²) in [6, 6.07) is 0. The fourth-order valence-corrected chi connectivity index (χ4v) is 2.53. The van der Waals surface area contributed by atoms with Gasteiger partial charge < -0.3 is 4.74 Å². The summed E-state index contributed by atoms with van der Waals surface area (Å²) >= 11 is 0. The van der Waals surface area contributed by atoms with Crippen LogP contribution in [-0.2, 0) is 9.53 Å². The molecule has 0 unspecified atom stereocenters. The minimum atomic E-state index is -0.152. The smallest absolute Gasteiger partial charge is 0.312 e. The maximum atomic E-state index is 12.0. The molecule has 0 bridgehead atoms. The molecule has 0 aromatic heterocycles. The first-order valence-corrected chi connectivity index (χ1v) is 6.24. The van der Waals surface area contributed by atoms with Crippen molar-refractivity contribution in [2.75, 3.05) is 0 Å². The first-order valence-electron chi connectivity index (χ1n) is 6.24. The Balaban J connectivity index is 2.61. The molecule has 1 saturated carbocycles. The van der Waals surface area contributed by atoms with Crippen LogP contribution in [-0.4, -0.2) is 5.97 Å². The Morgan fingerprint density at radius 3 is 2.53 bits per heavy atom. The fourth-order valence-electron chi connectivity index (χ4n) is 2.53. The van der Waals surface area contributed by atoms with E-state index in [9.17, 15) is 4.79 Å². The summed E-state index contributed by atoms with van der Waals surface area (Å²) in [5, 5.41) is 0. The average molecular weight is 211 g/mol. The molecular formula is C13H23O2. The molecular weight excluding hydrogens is 188 g/mol. The van der Waals surface area contributed by atoms with Gasteiger partial charge in [-0.15, -0.1) is 0 Å². The Morgan fingerprint density at radius 1 is 1.33 bits per heavy atom. The van der Waals surface area contributed by atoms with Crippen molar-refractivity contribution in [3.8, 4) is 0 Å². The summed E-state index contributed by atoms with van der Waals surface area (Å²) < 4.78 is 5.12. The maximum Gasteiger partial charge on any atom is 0.312 e. The number of hydrogen-bond donors (Lipinski definition) is 0. The summed E-state index contributed by atoms with van der Waals surface area (Å²) in [5.41, 5.74) is -0.152. The largest absolute Gasteiger partial charge is 0.458 e. The maximum absolute atomic E-state index is 12.0. The van der Waals surface area contributed by atoms with Gasteiger partial charge in [-0.05, 0) is 26.2 Å². The average Bonchev–Trinajstić information content (AvgIpc) is 2.28. The molecule has 0 atom stereocenters. The number of carbonyl (C=O) groups excluding carboxylic acids is 1. The monoisotopic (exact) mass is 211 g/mol. The molecule has 1 rings (SSSR count). The second kappa shape index (κ2) is 6.14. The number of unbranched alkanes of at least 4 members (excludes halogenated alkanes) is 1. The number of ether oxygens (including phenoxy) is 1. The van der Waals surface area contributed by atoms with Gasteiger partial charge in [-0.3, -0.25) is 4.79 Å². The number of hydrogen-bond acceptors (Lipinski definition) is 2. The van der Waals surface area contributed by atoms with E-state index >= 15 is 0 Å². The zero-order valence-electron chi connectivity index (χ0n) is 10.1. The highest BCUT2D eigenvalue weighted by Crippen LogP contribution is 2.41. The Morgan fingerprint density at radius 2 is 2.00 bits per heavy atom. The van der Waals surface area contributed by atoms with Gasteiger partial charge >= 0.3 is 5.97 Å². The summed E-state index contributed by atoms with van der Waals surface area (Å²) in [5.74, 6) is 0.0122. The third-order valence-corrected chi connectivity index (χ3v) is 3.48. The van der Waals surface area contributed by atoms with E-state index in [1.165, 1.54) is 25.9 Å². The molecule has 0 aromatic rings. The van der Waals surface area contributed by atoms with Gasteiger partial charge in [-0.25, -0.2) is 0 Å². The summed E-state index contributed by atoms with van der Waals surface area (Å²) in [4.78, 5) is 12.0. The molecule has 2 nitrogen and oxygen atoms in total. The van der Waals surface area contributed by atoms with Crippen molar-refractivity contribution >= 4 is 5.97 Å². The minimum Gasteiger partial charge on any atom is -0.458 e. The predicted octanol–water partition coefficient (Wildman–Crippen LogP) is 3.85. The van der Waals surface area contributed by atoms with Crippen LogP contribution in [0.4, 0.5) is 0 Å². The van der Waals surface area contributed by atoms with Gasteiger partial charge in [0.1, 0.15) is 6.61 Å². The first kappa shape index (κ1) is 12.5. The van der Waals surface area contributed by atoms with E-state index in [4.69, 9.17) is 4.74 Å². The molecule has 0 spiro atoms. The lowest BCUT2D eigenvalue weighted by Crippen LogP contribution is -2.34. The molecule has 1 radical (unpaired) electrons. The molecule has 87 valence electrons. The minimum absolute atomic E-state index is 0.0122. The topological polar surface area (TPSA) is 26.3 Å². The highest BCUT2D eigenvalue weighted by molar-refractivity contribution is 5.77. The fraction of sp³-hybridized carbons (Fsp3) is 0.846. The van der Waals surface area contributed by atoms with Crippen LogP contribution < -0.4 is 0 Å². The number of carbonyl (C=O) groups is 1. The normalized spacial score (nSPS) is 19.9. The Bertz CT molecular complexity index is 193. The van der Waals surface area contributed by atoms with Crippen LogP contribution in [0, 0.1) is 12.0 Å². The van der Waals surface area contributed by atoms with E-state index < -0.39 is 0 Å². The molecule has 0 heterocycles. The summed E-state index contributed by atoms with van der Waals surface area (Å²) in [7, 11) is 0. The van der Waals surface area contributed by atoms with Crippen LogP contribution in [0.5, 0.6) is 0 Å². The SMILES string of the molecule is C[CH]OC(=O)C1(CCCC)CCCCC1. The Hall–Kier alpha value is -0.530. The van der Waals surface area contributed by atoms with Crippen molar-refractivity contribution in [1.82, 2.24) is 0 Å². The van der Waals surface area contributed by atoms with Crippen LogP contribution in [0.3, 0.4) is 0 Å². The number of esters is 1. The van der Waals surface area contributed by atoms with Gasteiger partial charge in [-0.1, -0.05) is 39.0 Å². The highest BCUT2D eigenvalue weighted by Gasteiger charge is 2.39. The van der Waals surface area contributed by atoms with Gasteiger partial charge in [0.25, 0.3) is 0 Å². The third kappa shape index (κ3) is 3.22. The molecule has 1 aliphatic carbocycles. The Labute approximate surface area is 93.4 Å². The molecule has 0 aromatic carbocycles. The van der Waals surface area contributed by atoms with Crippen LogP contribution >= 0.6 is 0 Å². The van der Waals surface area contributed by atoms with Gasteiger partial charge in [-0.2, -0.15) is 0 Å². The van der Waals surface area contributed by atoms with Gasteiger partial charge in [0.05, 0.1) is 5.41 Å². The standard InChI is InChI=1S/C13H23O2/c1-3-5-9-13(12(14)15-4-2)10-7-6-8-11-13/h4H,3,5-11H2,1-2H3. The van der Waals surface area contributed by atoms with E-state index in [0.29, 0.717) is 0 Å². The quantitative estimate of drug-likeness (QED) is 0.646. The van der Waals surface area contributed by atoms with Crippen LogP contribution in [0.2, 0.25) is 0 Å². The van der Waals surface area contributed by atoms with Crippen LogP contribution in [0.15, 0.2) is 0 Å². The lowest BCUT2D eigenvalue weighted by molar-refractivity contribution is -0.154. The molecule has 1 fully saturated rings. The number of rotatable bonds is 5. The lowest BCUT2D eigenvalue weighted by Gasteiger charge is -2.34. The van der Waals surface area contributed by atoms with Crippen molar-refractivity contribution in [3.05, 3.63) is 6.61 Å². The zero-order chi connectivity index (χ0) is 11.1. The van der Waals surface area contributed by atoms with Crippen molar-refractivity contribution < 1.29 is 9.53 Å². The zero-order valence-corrected chi connectivity index (χ0v) is 10.1. The van der Waals surface area contributed by atoms with Crippen LogP contribution in [0.1, 0.15) is 65.2 Å². The van der Waals surface area contributed by atoms with E-state index in [0.717, 1.165) is 32.1 Å². The van der Waals surface area contributed by atoms with E-state index in [1.54, 1.807) is 6.92 Å².